The van der Waals surface area contributed by atoms with Crippen LogP contribution in [0.5, 0.6) is 0 Å². The van der Waals surface area contributed by atoms with Crippen molar-refractivity contribution in [3.8, 4) is 0 Å². The predicted octanol–water partition coefficient (Wildman–Crippen LogP) is 2.96. The summed E-state index contributed by atoms with van der Waals surface area (Å²) in [4.78, 5) is 10.8. The van der Waals surface area contributed by atoms with E-state index in [2.05, 4.69) is 12.2 Å². The van der Waals surface area contributed by atoms with Crippen LogP contribution in [-0.2, 0) is 4.79 Å². The highest BCUT2D eigenvalue weighted by Crippen LogP contribution is 2.34. The lowest BCUT2D eigenvalue weighted by Crippen LogP contribution is -2.18. The minimum Gasteiger partial charge on any atom is -0.303 e. The molecule has 2 saturated carbocycles. The molecule has 1 nitrogen and oxygen atoms in total. The molecule has 0 bridgehead atoms. The van der Waals surface area contributed by atoms with Gasteiger partial charge in [0.05, 0.1) is 0 Å². The Kier molecular flexibility index (Phi) is 2.82. The Morgan fingerprint density at radius 2 is 1.54 bits per heavy atom. The van der Waals surface area contributed by atoms with E-state index in [9.17, 15) is 4.79 Å². The molecule has 2 rings (SSSR count). The molecule has 0 amide bonds. The first-order valence-corrected chi connectivity index (χ1v) is 5.54. The molecule has 72 valence electrons. The molecular formula is C12H18O. The topological polar surface area (TPSA) is 17.1 Å². The minimum atomic E-state index is 0.323. The quantitative estimate of drug-likeness (QED) is 0.479. The number of carbonyl (C=O) groups excluding carboxylic acids is 1. The average molecular weight is 178 g/mol. The number of hydrogen-bond acceptors (Lipinski definition) is 1. The van der Waals surface area contributed by atoms with E-state index in [0.717, 1.165) is 12.3 Å². The van der Waals surface area contributed by atoms with Crippen molar-refractivity contribution >= 4 is 6.29 Å². The van der Waals surface area contributed by atoms with Gasteiger partial charge in [-0.05, 0) is 37.5 Å². The van der Waals surface area contributed by atoms with Gasteiger partial charge in [-0.15, -0.1) is 0 Å². The monoisotopic (exact) mass is 178 g/mol. The van der Waals surface area contributed by atoms with E-state index in [-0.39, 0.29) is 0 Å². The van der Waals surface area contributed by atoms with Crippen LogP contribution >= 0.6 is 0 Å². The number of hydrogen-bond donors (Lipinski definition) is 0. The molecule has 0 spiro atoms. The highest BCUT2D eigenvalue weighted by Gasteiger charge is 2.24. The van der Waals surface area contributed by atoms with Gasteiger partial charge < -0.3 is 4.79 Å². The van der Waals surface area contributed by atoms with Crippen molar-refractivity contribution in [3.63, 3.8) is 0 Å². The van der Waals surface area contributed by atoms with Gasteiger partial charge in [-0.2, -0.15) is 0 Å². The molecule has 0 radical (unpaired) electrons. The molecule has 0 unspecified atom stereocenters. The van der Waals surface area contributed by atoms with Crippen LogP contribution in [0.3, 0.4) is 0 Å². The molecule has 0 saturated heterocycles. The van der Waals surface area contributed by atoms with E-state index in [1.165, 1.54) is 38.4 Å². The fourth-order valence-corrected chi connectivity index (χ4v) is 2.18. The molecule has 0 aromatic rings. The molecule has 0 N–H and O–H groups in total. The lowest BCUT2D eigenvalue weighted by molar-refractivity contribution is -0.112. The van der Waals surface area contributed by atoms with Gasteiger partial charge in [-0.1, -0.05) is 25.0 Å². The Hall–Kier alpha value is -0.590. The summed E-state index contributed by atoms with van der Waals surface area (Å²) in [5.74, 6) is 1.74. The third-order valence-corrected chi connectivity index (χ3v) is 3.30. The second-order valence-corrected chi connectivity index (χ2v) is 4.47. The maximum absolute atomic E-state index is 10.8. The van der Waals surface area contributed by atoms with Crippen molar-refractivity contribution in [2.75, 3.05) is 0 Å². The molecule has 13 heavy (non-hydrogen) atoms. The summed E-state index contributed by atoms with van der Waals surface area (Å²) in [6.45, 7) is 0. The van der Waals surface area contributed by atoms with Crippen LogP contribution in [0.1, 0.15) is 38.5 Å². The summed E-state index contributed by atoms with van der Waals surface area (Å²) in [5.41, 5.74) is 0. The second kappa shape index (κ2) is 4.08. The first kappa shape index (κ1) is 8.98. The van der Waals surface area contributed by atoms with Crippen molar-refractivity contribution in [1.82, 2.24) is 0 Å². The van der Waals surface area contributed by atoms with Crippen LogP contribution in [0.2, 0.25) is 0 Å². The third-order valence-electron chi connectivity index (χ3n) is 3.30. The lowest BCUT2D eigenvalue weighted by atomic mass is 9.80. The van der Waals surface area contributed by atoms with Gasteiger partial charge in [0.25, 0.3) is 0 Å². The highest BCUT2D eigenvalue weighted by molar-refractivity contribution is 5.54. The molecule has 2 aliphatic carbocycles. The fraction of sp³-hybridized carbons (Fsp3) is 0.750. The zero-order chi connectivity index (χ0) is 9.10. The van der Waals surface area contributed by atoms with Crippen molar-refractivity contribution in [1.29, 1.82) is 0 Å². The van der Waals surface area contributed by atoms with Crippen LogP contribution in [0.15, 0.2) is 12.2 Å². The molecule has 2 fully saturated rings. The third kappa shape index (κ3) is 2.43. The van der Waals surface area contributed by atoms with Crippen molar-refractivity contribution in [2.24, 2.45) is 17.8 Å². The number of rotatable bonds is 3. The van der Waals surface area contributed by atoms with Crippen molar-refractivity contribution in [2.45, 2.75) is 38.5 Å². The van der Waals surface area contributed by atoms with E-state index in [4.69, 9.17) is 0 Å². The number of allylic oxidation sites excluding steroid dienone is 2. The molecule has 0 aromatic carbocycles. The molecule has 2 aliphatic rings. The van der Waals surface area contributed by atoms with Gasteiger partial charge in [0, 0.05) is 5.92 Å². The Labute approximate surface area is 80.2 Å². The molecule has 2 atom stereocenters. The molecule has 1 heteroatoms. The zero-order valence-electron chi connectivity index (χ0n) is 8.11. The smallest absolute Gasteiger partial charge is 0.123 e. The Balaban J connectivity index is 1.89. The summed E-state index contributed by atoms with van der Waals surface area (Å²) in [6.07, 6.45) is 13.5. The highest BCUT2D eigenvalue weighted by atomic mass is 16.1. The summed E-state index contributed by atoms with van der Waals surface area (Å²) in [7, 11) is 0. The predicted molar refractivity (Wildman–Crippen MR) is 53.4 cm³/mol. The van der Waals surface area contributed by atoms with Gasteiger partial charge in [-0.25, -0.2) is 0 Å². The van der Waals surface area contributed by atoms with Crippen LogP contribution in [0, 0.1) is 17.8 Å². The minimum absolute atomic E-state index is 0.323. The van der Waals surface area contributed by atoms with E-state index in [1.807, 2.05) is 0 Å². The van der Waals surface area contributed by atoms with Crippen LogP contribution < -0.4 is 0 Å². The molecule has 0 aromatic heterocycles. The van der Waals surface area contributed by atoms with E-state index in [0.29, 0.717) is 11.8 Å². The largest absolute Gasteiger partial charge is 0.303 e. The summed E-state index contributed by atoms with van der Waals surface area (Å²) in [6, 6.07) is 0. The zero-order valence-corrected chi connectivity index (χ0v) is 8.11. The standard InChI is InChI=1S/C12H18O/c13-9-12-4-2-1-3-11(12)8-7-10-5-6-10/h7-12H,1-6H2/b8-7+/t11-,12-/m1/s1. The Morgan fingerprint density at radius 1 is 0.846 bits per heavy atom. The van der Waals surface area contributed by atoms with Crippen molar-refractivity contribution < 1.29 is 4.79 Å². The van der Waals surface area contributed by atoms with Gasteiger partial charge in [0.1, 0.15) is 6.29 Å². The maximum Gasteiger partial charge on any atom is 0.123 e. The maximum atomic E-state index is 10.8. The van der Waals surface area contributed by atoms with Gasteiger partial charge in [0.2, 0.25) is 0 Å². The van der Waals surface area contributed by atoms with Gasteiger partial charge in [0.15, 0.2) is 0 Å². The van der Waals surface area contributed by atoms with Crippen LogP contribution in [-0.4, -0.2) is 6.29 Å². The number of carbonyl (C=O) groups is 1. The summed E-state index contributed by atoms with van der Waals surface area (Å²) >= 11 is 0. The van der Waals surface area contributed by atoms with Crippen molar-refractivity contribution in [3.05, 3.63) is 12.2 Å². The van der Waals surface area contributed by atoms with E-state index in [1.54, 1.807) is 0 Å². The number of aldehydes is 1. The normalized spacial score (nSPS) is 35.1. The van der Waals surface area contributed by atoms with Crippen LogP contribution in [0.25, 0.3) is 0 Å². The SMILES string of the molecule is O=C[C@H]1CCCC[C@@H]1/C=C/C1CC1. The first-order valence-electron chi connectivity index (χ1n) is 5.54. The molecule has 0 heterocycles. The average Bonchev–Trinajstić information content (AvgIpc) is 2.99. The molecular weight excluding hydrogens is 160 g/mol. The molecule has 0 aliphatic heterocycles. The van der Waals surface area contributed by atoms with Crippen LogP contribution in [0.4, 0.5) is 0 Å². The Bertz CT molecular complexity index is 203. The van der Waals surface area contributed by atoms with E-state index < -0.39 is 0 Å². The van der Waals surface area contributed by atoms with E-state index >= 15 is 0 Å². The van der Waals surface area contributed by atoms with Gasteiger partial charge in [-0.3, -0.25) is 0 Å². The second-order valence-electron chi connectivity index (χ2n) is 4.47. The van der Waals surface area contributed by atoms with Gasteiger partial charge >= 0.3 is 0 Å². The summed E-state index contributed by atoms with van der Waals surface area (Å²) < 4.78 is 0. The summed E-state index contributed by atoms with van der Waals surface area (Å²) in [5, 5.41) is 0. The fourth-order valence-electron chi connectivity index (χ4n) is 2.18. The Morgan fingerprint density at radius 3 is 2.15 bits per heavy atom. The first-order chi connectivity index (χ1) is 6.40. The lowest BCUT2D eigenvalue weighted by Gasteiger charge is -2.24.